The predicted octanol–water partition coefficient (Wildman–Crippen LogP) is 2.92. The summed E-state index contributed by atoms with van der Waals surface area (Å²) in [5, 5.41) is 6.90. The molecule has 2 atom stereocenters. The molecule has 168 valence electrons. The maximum Gasteiger partial charge on any atom is 0.451 e. The number of alkyl halides is 3. The van der Waals surface area contributed by atoms with Crippen molar-refractivity contribution in [3.8, 4) is 0 Å². The highest BCUT2D eigenvalue weighted by atomic mass is 19.4. The van der Waals surface area contributed by atoms with Gasteiger partial charge < -0.3 is 19.1 Å². The number of carbonyl (C=O) groups is 2. The van der Waals surface area contributed by atoms with Crippen LogP contribution in [0.3, 0.4) is 0 Å². The van der Waals surface area contributed by atoms with E-state index in [0.29, 0.717) is 25.9 Å². The van der Waals surface area contributed by atoms with Gasteiger partial charge in [-0.15, -0.1) is 10.2 Å². The van der Waals surface area contributed by atoms with Crippen LogP contribution in [0, 0.1) is 11.8 Å². The summed E-state index contributed by atoms with van der Waals surface area (Å²) in [6, 6.07) is 0. The minimum Gasteiger partial charge on any atom is -0.444 e. The lowest BCUT2D eigenvalue weighted by Gasteiger charge is -2.40. The van der Waals surface area contributed by atoms with Gasteiger partial charge in [0.25, 0.3) is 0 Å². The molecule has 3 rings (SSSR count). The van der Waals surface area contributed by atoms with Crippen molar-refractivity contribution in [3.63, 3.8) is 0 Å². The molecule has 1 aromatic rings. The Bertz CT molecular complexity index is 802. The van der Waals surface area contributed by atoms with Gasteiger partial charge in [-0.25, -0.2) is 4.79 Å². The average molecular weight is 431 g/mol. The quantitative estimate of drug-likeness (QED) is 0.719. The van der Waals surface area contributed by atoms with Crippen LogP contribution in [0.4, 0.5) is 18.0 Å². The molecule has 0 spiro atoms. The van der Waals surface area contributed by atoms with Crippen molar-refractivity contribution in [2.75, 3.05) is 19.6 Å². The lowest BCUT2D eigenvalue weighted by atomic mass is 9.82. The summed E-state index contributed by atoms with van der Waals surface area (Å²) in [4.78, 5) is 28.7. The molecule has 0 N–H and O–H groups in total. The van der Waals surface area contributed by atoms with Gasteiger partial charge in [-0.05, 0) is 33.1 Å². The number of hydrogen-bond donors (Lipinski definition) is 0. The third kappa shape index (κ3) is 4.70. The third-order valence-corrected chi connectivity index (χ3v) is 5.55. The second-order valence-corrected chi connectivity index (χ2v) is 8.84. The Morgan fingerprint density at radius 3 is 2.40 bits per heavy atom. The van der Waals surface area contributed by atoms with E-state index in [2.05, 4.69) is 10.2 Å². The molecule has 0 radical (unpaired) electrons. The number of aromatic nitrogens is 3. The average Bonchev–Trinajstić information content (AvgIpc) is 3.09. The standard InChI is InChI=1S/C19H28F3N5O3/c1-5-12-10-26(17(29)30-18(2,3)4)7-6-13(12)15(28)25-8-9-27-14(11-25)23-24-16(27)19(20,21)22/h12-13H,5-11H2,1-4H3/t12?,13-/m0/s1. The lowest BCUT2D eigenvalue weighted by Crippen LogP contribution is -2.51. The van der Waals surface area contributed by atoms with Crippen LogP contribution in [0.5, 0.6) is 0 Å². The topological polar surface area (TPSA) is 80.6 Å². The predicted molar refractivity (Wildman–Crippen MR) is 100 cm³/mol. The molecular formula is C19H28F3N5O3. The van der Waals surface area contributed by atoms with E-state index in [1.54, 1.807) is 30.6 Å². The second kappa shape index (κ2) is 8.07. The zero-order chi connectivity index (χ0) is 22.3. The Hall–Kier alpha value is -2.33. The molecule has 2 aliphatic heterocycles. The number of likely N-dealkylation sites (tertiary alicyclic amines) is 1. The number of piperidine rings is 1. The van der Waals surface area contributed by atoms with Crippen molar-refractivity contribution >= 4 is 12.0 Å². The van der Waals surface area contributed by atoms with E-state index < -0.39 is 23.7 Å². The van der Waals surface area contributed by atoms with E-state index in [9.17, 15) is 22.8 Å². The Kier molecular flexibility index (Phi) is 6.01. The number of ether oxygens (including phenoxy) is 1. The van der Waals surface area contributed by atoms with E-state index in [-0.39, 0.29) is 43.2 Å². The zero-order valence-electron chi connectivity index (χ0n) is 17.7. The summed E-state index contributed by atoms with van der Waals surface area (Å²) in [7, 11) is 0. The van der Waals surface area contributed by atoms with E-state index in [1.807, 2.05) is 6.92 Å². The van der Waals surface area contributed by atoms with E-state index in [1.165, 1.54) is 0 Å². The first kappa shape index (κ1) is 22.4. The first-order valence-corrected chi connectivity index (χ1v) is 10.2. The summed E-state index contributed by atoms with van der Waals surface area (Å²) in [5.74, 6) is -1.31. The Morgan fingerprint density at radius 2 is 1.80 bits per heavy atom. The van der Waals surface area contributed by atoms with Gasteiger partial charge in [-0.3, -0.25) is 4.79 Å². The summed E-state index contributed by atoms with van der Waals surface area (Å²) < 4.78 is 45.5. The molecule has 0 aromatic carbocycles. The molecule has 0 aliphatic carbocycles. The Morgan fingerprint density at radius 1 is 1.10 bits per heavy atom. The number of nitrogens with zero attached hydrogens (tertiary/aromatic N) is 5. The molecule has 1 fully saturated rings. The highest BCUT2D eigenvalue weighted by Crippen LogP contribution is 2.32. The number of rotatable bonds is 2. The SMILES string of the molecule is CCC1CN(C(=O)OC(C)(C)C)CC[C@@H]1C(=O)N1CCn2c(nnc2C(F)(F)F)C1. The molecule has 11 heteroatoms. The fourth-order valence-corrected chi connectivity index (χ4v) is 4.05. The molecule has 2 aliphatic rings. The maximum absolute atomic E-state index is 13.2. The highest BCUT2D eigenvalue weighted by molar-refractivity contribution is 5.80. The number of fused-ring (bicyclic) bond motifs is 1. The van der Waals surface area contributed by atoms with Gasteiger partial charge in [0.05, 0.1) is 6.54 Å². The van der Waals surface area contributed by atoms with Crippen LogP contribution in [-0.2, 0) is 28.8 Å². The monoisotopic (exact) mass is 431 g/mol. The van der Waals surface area contributed by atoms with Gasteiger partial charge >= 0.3 is 12.3 Å². The van der Waals surface area contributed by atoms with Gasteiger partial charge in [-0.2, -0.15) is 13.2 Å². The first-order valence-electron chi connectivity index (χ1n) is 10.2. The van der Waals surface area contributed by atoms with E-state index in [4.69, 9.17) is 4.74 Å². The van der Waals surface area contributed by atoms with Crippen molar-refractivity contribution in [2.24, 2.45) is 11.8 Å². The minimum absolute atomic E-state index is 0.00459. The van der Waals surface area contributed by atoms with E-state index >= 15 is 0 Å². The third-order valence-electron chi connectivity index (χ3n) is 5.55. The summed E-state index contributed by atoms with van der Waals surface area (Å²) in [6.07, 6.45) is -3.76. The van der Waals surface area contributed by atoms with E-state index in [0.717, 1.165) is 4.57 Å². The van der Waals surface area contributed by atoms with Crippen molar-refractivity contribution in [1.29, 1.82) is 0 Å². The van der Waals surface area contributed by atoms with Crippen molar-refractivity contribution < 1.29 is 27.5 Å². The zero-order valence-corrected chi connectivity index (χ0v) is 17.7. The molecule has 8 nitrogen and oxygen atoms in total. The normalized spacial score (nSPS) is 22.6. The van der Waals surface area contributed by atoms with Crippen LogP contribution in [-0.4, -0.2) is 61.8 Å². The molecule has 1 unspecified atom stereocenters. The van der Waals surface area contributed by atoms with Crippen LogP contribution in [0.15, 0.2) is 0 Å². The fourth-order valence-electron chi connectivity index (χ4n) is 4.05. The van der Waals surface area contributed by atoms with Crippen LogP contribution in [0.25, 0.3) is 0 Å². The number of carbonyl (C=O) groups excluding carboxylic acids is 2. The van der Waals surface area contributed by atoms with Gasteiger partial charge in [0.2, 0.25) is 11.7 Å². The van der Waals surface area contributed by atoms with Gasteiger partial charge in [0, 0.05) is 32.1 Å². The molecule has 30 heavy (non-hydrogen) atoms. The Balaban J connectivity index is 1.66. The van der Waals surface area contributed by atoms with Crippen LogP contribution >= 0.6 is 0 Å². The fraction of sp³-hybridized carbons (Fsp3) is 0.789. The summed E-state index contributed by atoms with van der Waals surface area (Å²) in [6.45, 7) is 8.39. The van der Waals surface area contributed by atoms with Crippen LogP contribution < -0.4 is 0 Å². The first-order chi connectivity index (χ1) is 13.9. The smallest absolute Gasteiger partial charge is 0.444 e. The molecule has 3 heterocycles. The maximum atomic E-state index is 13.2. The van der Waals surface area contributed by atoms with Crippen LogP contribution in [0.2, 0.25) is 0 Å². The van der Waals surface area contributed by atoms with Gasteiger partial charge in [-0.1, -0.05) is 13.3 Å². The lowest BCUT2D eigenvalue weighted by molar-refractivity contribution is -0.148. The number of amides is 2. The van der Waals surface area contributed by atoms with Gasteiger partial charge in [0.1, 0.15) is 5.60 Å². The summed E-state index contributed by atoms with van der Waals surface area (Å²) in [5.41, 5.74) is -0.593. The van der Waals surface area contributed by atoms with Crippen molar-refractivity contribution in [2.45, 2.75) is 65.4 Å². The summed E-state index contributed by atoms with van der Waals surface area (Å²) >= 11 is 0. The molecule has 0 saturated carbocycles. The molecule has 2 amide bonds. The molecule has 1 saturated heterocycles. The number of halogens is 3. The van der Waals surface area contributed by atoms with Gasteiger partial charge in [0.15, 0.2) is 5.82 Å². The second-order valence-electron chi connectivity index (χ2n) is 8.84. The molecule has 1 aromatic heterocycles. The minimum atomic E-state index is -4.57. The van der Waals surface area contributed by atoms with Crippen molar-refractivity contribution in [1.82, 2.24) is 24.6 Å². The Labute approximate surface area is 173 Å². The van der Waals surface area contributed by atoms with Crippen molar-refractivity contribution in [3.05, 3.63) is 11.6 Å². The highest BCUT2D eigenvalue weighted by Gasteiger charge is 2.42. The largest absolute Gasteiger partial charge is 0.451 e. The van der Waals surface area contributed by atoms with Crippen LogP contribution in [0.1, 0.15) is 52.2 Å². The number of hydrogen-bond acceptors (Lipinski definition) is 5. The molecular weight excluding hydrogens is 403 g/mol. The molecule has 0 bridgehead atoms.